The van der Waals surface area contributed by atoms with Crippen LogP contribution in [0.5, 0.6) is 0 Å². The van der Waals surface area contributed by atoms with Crippen LogP contribution in [0.1, 0.15) is 47.9 Å². The molecule has 0 bridgehead atoms. The average molecular weight is 490 g/mol. The summed E-state index contributed by atoms with van der Waals surface area (Å²) in [6.45, 7) is 6.40. The summed E-state index contributed by atoms with van der Waals surface area (Å²) in [5, 5.41) is 0.210. The molecule has 10 heteroatoms. The zero-order valence-corrected chi connectivity index (χ0v) is 20.4. The molecule has 0 radical (unpaired) electrons. The number of rotatable bonds is 8. The number of hydrogen-bond donors (Lipinski definition) is 0. The van der Waals surface area contributed by atoms with Gasteiger partial charge in [0.15, 0.2) is 5.49 Å². The Hall–Kier alpha value is -4.18. The first-order valence-electron chi connectivity index (χ1n) is 11.7. The topological polar surface area (TPSA) is 117 Å². The number of ether oxygens (including phenoxy) is 2. The molecule has 10 nitrogen and oxygen atoms in total. The highest BCUT2D eigenvalue weighted by Crippen LogP contribution is 2.13. The van der Waals surface area contributed by atoms with E-state index in [9.17, 15) is 14.4 Å². The van der Waals surface area contributed by atoms with Gasteiger partial charge in [-0.1, -0.05) is 6.07 Å². The molecule has 0 aliphatic rings. The summed E-state index contributed by atoms with van der Waals surface area (Å²) >= 11 is 0. The van der Waals surface area contributed by atoms with Gasteiger partial charge in [-0.25, -0.2) is 9.78 Å². The third kappa shape index (κ3) is 5.23. The molecule has 186 valence electrons. The van der Waals surface area contributed by atoms with Gasteiger partial charge >= 0.3 is 5.97 Å². The number of fused-ring (bicyclic) bond motifs is 2. The maximum Gasteiger partial charge on any atom is 0.341 e. The van der Waals surface area contributed by atoms with Crippen LogP contribution in [-0.4, -0.2) is 50.1 Å². The van der Waals surface area contributed by atoms with E-state index in [-0.39, 0.29) is 34.7 Å². The molecular formula is C26H27N5O5. The lowest BCUT2D eigenvalue weighted by Gasteiger charge is -2.15. The molecule has 0 atom stereocenters. The minimum atomic E-state index is -0.689. The van der Waals surface area contributed by atoms with Crippen molar-refractivity contribution in [3.63, 3.8) is 0 Å². The molecule has 0 fully saturated rings. The second-order valence-electron chi connectivity index (χ2n) is 8.26. The Morgan fingerprint density at radius 2 is 1.92 bits per heavy atom. The number of amides is 1. The number of esters is 1. The van der Waals surface area contributed by atoms with Crippen LogP contribution in [0.3, 0.4) is 0 Å². The Balaban J connectivity index is 2.03. The Morgan fingerprint density at radius 1 is 1.14 bits per heavy atom. The number of carbonyl (C=O) groups excluding carboxylic acids is 2. The average Bonchev–Trinajstić information content (AvgIpc) is 2.88. The molecule has 0 N–H and O–H groups in total. The maximum atomic E-state index is 13.4. The van der Waals surface area contributed by atoms with E-state index in [2.05, 4.69) is 9.98 Å². The first kappa shape index (κ1) is 24.9. The number of hydrogen-bond acceptors (Lipinski definition) is 7. The number of pyridine rings is 3. The van der Waals surface area contributed by atoms with Crippen LogP contribution in [0.2, 0.25) is 0 Å². The summed E-state index contributed by atoms with van der Waals surface area (Å²) in [5.41, 5.74) is 0.773. The van der Waals surface area contributed by atoms with Gasteiger partial charge in [-0.05, 0) is 57.5 Å². The smallest absolute Gasteiger partial charge is 0.341 e. The van der Waals surface area contributed by atoms with Gasteiger partial charge in [-0.3, -0.25) is 19.0 Å². The van der Waals surface area contributed by atoms with Gasteiger partial charge in [-0.2, -0.15) is 4.99 Å². The minimum absolute atomic E-state index is 0.00585. The van der Waals surface area contributed by atoms with Crippen LogP contribution in [-0.2, 0) is 16.0 Å². The van der Waals surface area contributed by atoms with E-state index in [4.69, 9.17) is 14.5 Å². The molecule has 4 aromatic rings. The monoisotopic (exact) mass is 489 g/mol. The molecule has 0 unspecified atom stereocenters. The zero-order chi connectivity index (χ0) is 25.7. The fourth-order valence-corrected chi connectivity index (χ4v) is 3.77. The summed E-state index contributed by atoms with van der Waals surface area (Å²) in [4.78, 5) is 52.4. The largest absolute Gasteiger partial charge is 0.462 e. The fourth-order valence-electron chi connectivity index (χ4n) is 3.77. The van der Waals surface area contributed by atoms with Gasteiger partial charge in [0.25, 0.3) is 11.5 Å². The second kappa shape index (κ2) is 11.0. The molecular weight excluding hydrogens is 462 g/mol. The third-order valence-corrected chi connectivity index (χ3v) is 5.40. The van der Waals surface area contributed by atoms with Gasteiger partial charge in [-0.15, -0.1) is 0 Å². The third-order valence-electron chi connectivity index (χ3n) is 5.40. The molecule has 0 aromatic carbocycles. The van der Waals surface area contributed by atoms with Gasteiger partial charge in [0.05, 0.1) is 18.1 Å². The van der Waals surface area contributed by atoms with Crippen LogP contribution in [0.4, 0.5) is 0 Å². The van der Waals surface area contributed by atoms with E-state index >= 15 is 0 Å². The number of nitrogens with zero attached hydrogens (tertiary/aromatic N) is 5. The van der Waals surface area contributed by atoms with Crippen LogP contribution < -0.4 is 11.0 Å². The highest BCUT2D eigenvalue weighted by molar-refractivity contribution is 5.97. The van der Waals surface area contributed by atoms with Gasteiger partial charge in [0, 0.05) is 37.3 Å². The van der Waals surface area contributed by atoms with Crippen LogP contribution in [0.25, 0.3) is 16.7 Å². The molecule has 36 heavy (non-hydrogen) atoms. The number of aromatic nitrogens is 4. The van der Waals surface area contributed by atoms with E-state index in [1.54, 1.807) is 35.9 Å². The maximum absolute atomic E-state index is 13.4. The first-order chi connectivity index (χ1) is 17.4. The van der Waals surface area contributed by atoms with Crippen molar-refractivity contribution in [1.82, 2.24) is 18.9 Å². The van der Waals surface area contributed by atoms with Crippen molar-refractivity contribution in [2.75, 3.05) is 13.2 Å². The van der Waals surface area contributed by atoms with Gasteiger partial charge < -0.3 is 14.0 Å². The van der Waals surface area contributed by atoms with Crippen LogP contribution in [0.15, 0.2) is 64.8 Å². The summed E-state index contributed by atoms with van der Waals surface area (Å²) in [7, 11) is 0. The first-order valence-corrected chi connectivity index (χ1v) is 11.7. The summed E-state index contributed by atoms with van der Waals surface area (Å²) in [6.07, 6.45) is 5.16. The standard InChI is InChI=1S/C26H27N5O5/c1-4-35-26(34)20-16-19-22(28-21-8-5-6-13-30(21)25(19)33)31(14-7-15-36-17(2)3)23(20)29-24(32)18-9-11-27-12-10-18/h5-6,8-13,16-17H,4,7,14-15H2,1-3H3. The molecule has 0 aliphatic heterocycles. The van der Waals surface area contributed by atoms with E-state index in [1.165, 1.54) is 35.0 Å². The molecule has 0 aliphatic carbocycles. The van der Waals surface area contributed by atoms with Crippen molar-refractivity contribution in [3.8, 4) is 0 Å². The SMILES string of the molecule is CCOC(=O)c1cc2c(=O)n3ccccc3nc2n(CCCOC(C)C)c1=NC(=O)c1ccncc1. The van der Waals surface area contributed by atoms with Crippen molar-refractivity contribution in [2.45, 2.75) is 39.8 Å². The molecule has 0 saturated carbocycles. The Bertz CT molecular complexity index is 1540. The van der Waals surface area contributed by atoms with E-state index in [1.807, 2.05) is 13.8 Å². The lowest BCUT2D eigenvalue weighted by molar-refractivity contribution is 0.0523. The second-order valence-corrected chi connectivity index (χ2v) is 8.26. The molecule has 1 amide bonds. The normalized spacial score (nSPS) is 11.9. The predicted molar refractivity (Wildman–Crippen MR) is 133 cm³/mol. The Morgan fingerprint density at radius 3 is 2.64 bits per heavy atom. The van der Waals surface area contributed by atoms with Crippen molar-refractivity contribution in [1.29, 1.82) is 0 Å². The number of aryl methyl sites for hydroxylation is 1. The number of carbonyl (C=O) groups is 2. The summed E-state index contributed by atoms with van der Waals surface area (Å²) in [6, 6.07) is 9.70. The Kier molecular flexibility index (Phi) is 7.65. The minimum Gasteiger partial charge on any atom is -0.462 e. The highest BCUT2D eigenvalue weighted by Gasteiger charge is 2.20. The molecule has 4 rings (SSSR count). The van der Waals surface area contributed by atoms with Crippen LogP contribution in [0, 0.1) is 0 Å². The van der Waals surface area contributed by atoms with E-state index in [0.717, 1.165) is 0 Å². The molecule has 4 heterocycles. The molecule has 0 saturated heterocycles. The predicted octanol–water partition coefficient (Wildman–Crippen LogP) is 2.78. The van der Waals surface area contributed by atoms with Crippen molar-refractivity contribution in [2.24, 2.45) is 4.99 Å². The molecule has 4 aromatic heterocycles. The van der Waals surface area contributed by atoms with Gasteiger partial charge in [0.2, 0.25) is 0 Å². The van der Waals surface area contributed by atoms with Crippen molar-refractivity contribution < 1.29 is 19.1 Å². The highest BCUT2D eigenvalue weighted by atomic mass is 16.5. The van der Waals surface area contributed by atoms with E-state index in [0.29, 0.717) is 36.4 Å². The fraction of sp³-hybridized carbons (Fsp3) is 0.308. The summed E-state index contributed by atoms with van der Waals surface area (Å²) in [5.74, 6) is -1.25. The van der Waals surface area contributed by atoms with Crippen molar-refractivity contribution >= 4 is 28.6 Å². The lowest BCUT2D eigenvalue weighted by Crippen LogP contribution is -2.33. The van der Waals surface area contributed by atoms with Crippen LogP contribution >= 0.6 is 0 Å². The van der Waals surface area contributed by atoms with Gasteiger partial charge in [0.1, 0.15) is 16.9 Å². The molecule has 0 spiro atoms. The quantitative estimate of drug-likeness (QED) is 0.212. The lowest BCUT2D eigenvalue weighted by atomic mass is 10.2. The zero-order valence-electron chi connectivity index (χ0n) is 20.4. The Labute approximate surface area is 206 Å². The van der Waals surface area contributed by atoms with E-state index < -0.39 is 11.9 Å². The van der Waals surface area contributed by atoms with Crippen molar-refractivity contribution in [3.05, 3.63) is 82.0 Å². The summed E-state index contributed by atoms with van der Waals surface area (Å²) < 4.78 is 14.0.